The van der Waals surface area contributed by atoms with Crippen molar-refractivity contribution in [1.82, 2.24) is 24.8 Å². The van der Waals surface area contributed by atoms with E-state index >= 15 is 0 Å². The molecule has 22 heavy (non-hydrogen) atoms. The van der Waals surface area contributed by atoms with Crippen LogP contribution < -0.4 is 5.32 Å². The number of aryl methyl sites for hydroxylation is 1. The number of rotatable bonds is 3. The van der Waals surface area contributed by atoms with Crippen LogP contribution in [-0.4, -0.2) is 42.7 Å². The Bertz CT molecular complexity index is 661. The minimum absolute atomic E-state index is 0.0832. The van der Waals surface area contributed by atoms with Gasteiger partial charge in [-0.05, 0) is 31.7 Å². The Morgan fingerprint density at radius 2 is 2.14 bits per heavy atom. The molecule has 7 nitrogen and oxygen atoms in total. The third-order valence-corrected chi connectivity index (χ3v) is 3.97. The molecule has 0 bridgehead atoms. The number of nitrogens with one attached hydrogen (secondary N) is 1. The zero-order valence-corrected chi connectivity index (χ0v) is 12.4. The molecule has 0 atom stereocenters. The van der Waals surface area contributed by atoms with Crippen molar-refractivity contribution in [2.75, 3.05) is 0 Å². The monoisotopic (exact) mass is 301 g/mol. The van der Waals surface area contributed by atoms with Crippen molar-refractivity contribution in [3.63, 3.8) is 0 Å². The minimum atomic E-state index is -0.273. The third-order valence-electron chi connectivity index (χ3n) is 3.97. The molecule has 2 aromatic rings. The van der Waals surface area contributed by atoms with Crippen LogP contribution in [0.1, 0.15) is 36.3 Å². The number of imidazole rings is 1. The van der Waals surface area contributed by atoms with Crippen LogP contribution in [0.15, 0.2) is 24.8 Å². The largest absolute Gasteiger partial charge is 0.393 e. The van der Waals surface area contributed by atoms with Gasteiger partial charge in [-0.2, -0.15) is 0 Å². The molecule has 1 amide bonds. The normalized spacial score (nSPS) is 21.5. The summed E-state index contributed by atoms with van der Waals surface area (Å²) in [5.41, 5.74) is 1.50. The summed E-state index contributed by atoms with van der Waals surface area (Å²) in [5, 5.41) is 12.4. The van der Waals surface area contributed by atoms with E-state index in [-0.39, 0.29) is 23.9 Å². The van der Waals surface area contributed by atoms with Crippen LogP contribution in [0.4, 0.5) is 0 Å². The molecule has 2 aromatic heterocycles. The second-order valence-corrected chi connectivity index (χ2v) is 5.63. The molecule has 1 fully saturated rings. The van der Waals surface area contributed by atoms with E-state index in [4.69, 9.17) is 0 Å². The highest BCUT2D eigenvalue weighted by Crippen LogP contribution is 2.19. The average Bonchev–Trinajstić information content (AvgIpc) is 2.96. The van der Waals surface area contributed by atoms with Gasteiger partial charge in [-0.25, -0.2) is 15.0 Å². The quantitative estimate of drug-likeness (QED) is 0.879. The van der Waals surface area contributed by atoms with E-state index in [1.165, 1.54) is 0 Å². The number of carbonyl (C=O) groups excluding carboxylic acids is 1. The molecule has 1 saturated carbocycles. The number of hydrogen-bond donors (Lipinski definition) is 2. The van der Waals surface area contributed by atoms with E-state index in [0.29, 0.717) is 5.69 Å². The van der Waals surface area contributed by atoms with Gasteiger partial charge in [0.1, 0.15) is 0 Å². The maximum Gasteiger partial charge on any atom is 0.289 e. The van der Waals surface area contributed by atoms with Crippen LogP contribution in [0.25, 0.3) is 11.4 Å². The number of amides is 1. The van der Waals surface area contributed by atoms with Gasteiger partial charge in [0.15, 0.2) is 0 Å². The van der Waals surface area contributed by atoms with Gasteiger partial charge in [0, 0.05) is 19.3 Å². The summed E-state index contributed by atoms with van der Waals surface area (Å²) in [6.45, 7) is 0. The predicted octanol–water partition coefficient (Wildman–Crippen LogP) is 0.910. The molecule has 0 unspecified atom stereocenters. The van der Waals surface area contributed by atoms with Crippen molar-refractivity contribution in [2.24, 2.45) is 7.05 Å². The van der Waals surface area contributed by atoms with Crippen molar-refractivity contribution in [2.45, 2.75) is 37.8 Å². The second-order valence-electron chi connectivity index (χ2n) is 5.63. The third kappa shape index (κ3) is 3.14. The molecule has 1 aliphatic carbocycles. The molecule has 2 N–H and O–H groups in total. The number of aliphatic hydroxyl groups excluding tert-OH is 1. The van der Waals surface area contributed by atoms with Crippen molar-refractivity contribution >= 4 is 5.91 Å². The summed E-state index contributed by atoms with van der Waals surface area (Å²) < 4.78 is 1.84. The summed E-state index contributed by atoms with van der Waals surface area (Å²) in [5.74, 6) is -0.116. The first-order valence-electron chi connectivity index (χ1n) is 7.42. The van der Waals surface area contributed by atoms with E-state index in [9.17, 15) is 9.90 Å². The fraction of sp³-hybridized carbons (Fsp3) is 0.467. The van der Waals surface area contributed by atoms with Crippen LogP contribution in [-0.2, 0) is 7.05 Å². The maximum atomic E-state index is 12.3. The topological polar surface area (TPSA) is 92.9 Å². The van der Waals surface area contributed by atoms with Gasteiger partial charge < -0.3 is 15.0 Å². The first kappa shape index (κ1) is 14.6. The Hall–Kier alpha value is -2.28. The molecular formula is C15H19N5O2. The number of nitrogens with zero attached hydrogens (tertiary/aromatic N) is 4. The fourth-order valence-electron chi connectivity index (χ4n) is 2.68. The van der Waals surface area contributed by atoms with Gasteiger partial charge in [-0.1, -0.05) is 0 Å². The first-order valence-corrected chi connectivity index (χ1v) is 7.42. The number of aromatic nitrogens is 4. The summed E-state index contributed by atoms with van der Waals surface area (Å²) in [6, 6.07) is 1.84. The van der Waals surface area contributed by atoms with Gasteiger partial charge >= 0.3 is 0 Å². The molecule has 2 heterocycles. The summed E-state index contributed by atoms with van der Waals surface area (Å²) in [6.07, 6.45) is 7.74. The van der Waals surface area contributed by atoms with E-state index < -0.39 is 0 Å². The number of aliphatic hydroxyl groups is 1. The molecule has 7 heteroatoms. The summed E-state index contributed by atoms with van der Waals surface area (Å²) in [7, 11) is 1.87. The van der Waals surface area contributed by atoms with Crippen LogP contribution in [0.2, 0.25) is 0 Å². The second kappa shape index (κ2) is 6.23. The highest BCUT2D eigenvalue weighted by molar-refractivity contribution is 5.91. The highest BCUT2D eigenvalue weighted by atomic mass is 16.3. The van der Waals surface area contributed by atoms with E-state index in [1.54, 1.807) is 24.8 Å². The summed E-state index contributed by atoms with van der Waals surface area (Å²) >= 11 is 0. The van der Waals surface area contributed by atoms with Gasteiger partial charge in [-0.3, -0.25) is 4.79 Å². The van der Waals surface area contributed by atoms with Crippen LogP contribution in [0, 0.1) is 0 Å². The Morgan fingerprint density at radius 3 is 2.82 bits per heavy atom. The lowest BCUT2D eigenvalue weighted by molar-refractivity contribution is 0.0858. The van der Waals surface area contributed by atoms with Crippen LogP contribution >= 0.6 is 0 Å². The van der Waals surface area contributed by atoms with E-state index in [0.717, 1.165) is 31.4 Å². The van der Waals surface area contributed by atoms with Crippen molar-refractivity contribution in [1.29, 1.82) is 0 Å². The minimum Gasteiger partial charge on any atom is -0.393 e. The highest BCUT2D eigenvalue weighted by Gasteiger charge is 2.22. The Balaban J connectivity index is 1.72. The molecule has 3 rings (SSSR count). The van der Waals surface area contributed by atoms with E-state index in [2.05, 4.69) is 20.3 Å². The standard InChI is InChI=1S/C15H19N5O2/c1-20-9-16-8-13(20)12-6-7-17-14(19-12)15(22)18-10-2-4-11(21)5-3-10/h6-11,21H,2-5H2,1H3,(H,18,22)/t10-,11-. The van der Waals surface area contributed by atoms with Gasteiger partial charge in [0.25, 0.3) is 5.91 Å². The smallest absolute Gasteiger partial charge is 0.289 e. The molecule has 1 aliphatic rings. The number of hydrogen-bond acceptors (Lipinski definition) is 5. The van der Waals surface area contributed by atoms with Gasteiger partial charge in [0.05, 0.1) is 30.0 Å². The molecule has 0 radical (unpaired) electrons. The molecule has 0 saturated heterocycles. The lowest BCUT2D eigenvalue weighted by Gasteiger charge is -2.25. The number of carbonyl (C=O) groups is 1. The Morgan fingerprint density at radius 1 is 1.36 bits per heavy atom. The van der Waals surface area contributed by atoms with E-state index in [1.807, 2.05) is 11.6 Å². The first-order chi connectivity index (χ1) is 10.6. The lowest BCUT2D eigenvalue weighted by atomic mass is 9.93. The van der Waals surface area contributed by atoms with Gasteiger partial charge in [-0.15, -0.1) is 0 Å². The van der Waals surface area contributed by atoms with Crippen molar-refractivity contribution in [3.8, 4) is 11.4 Å². The predicted molar refractivity (Wildman–Crippen MR) is 80.0 cm³/mol. The lowest BCUT2D eigenvalue weighted by Crippen LogP contribution is -2.39. The average molecular weight is 301 g/mol. The fourth-order valence-corrected chi connectivity index (χ4v) is 2.68. The molecule has 0 aromatic carbocycles. The molecule has 0 spiro atoms. The molecular weight excluding hydrogens is 282 g/mol. The molecule has 116 valence electrons. The van der Waals surface area contributed by atoms with Crippen LogP contribution in [0.5, 0.6) is 0 Å². The Kier molecular flexibility index (Phi) is 4.15. The van der Waals surface area contributed by atoms with Gasteiger partial charge in [0.2, 0.25) is 5.82 Å². The van der Waals surface area contributed by atoms with Crippen LogP contribution in [0.3, 0.4) is 0 Å². The zero-order chi connectivity index (χ0) is 15.5. The Labute approximate surface area is 128 Å². The zero-order valence-electron chi connectivity index (χ0n) is 12.4. The summed E-state index contributed by atoms with van der Waals surface area (Å²) in [4.78, 5) is 24.7. The SMILES string of the molecule is Cn1cncc1-c1ccnc(C(=O)N[C@H]2CC[C@H](O)CC2)n1. The van der Waals surface area contributed by atoms with Crippen molar-refractivity contribution in [3.05, 3.63) is 30.6 Å². The maximum absolute atomic E-state index is 12.3. The molecule has 0 aliphatic heterocycles. The van der Waals surface area contributed by atoms with Crippen molar-refractivity contribution < 1.29 is 9.90 Å².